The molecule has 1 aromatic carbocycles. The second kappa shape index (κ2) is 8.11. The highest BCUT2D eigenvalue weighted by Gasteiger charge is 2.49. The van der Waals surface area contributed by atoms with Crippen molar-refractivity contribution in [3.63, 3.8) is 0 Å². The molecule has 3 atom stereocenters. The second-order valence-electron chi connectivity index (χ2n) is 6.49. The van der Waals surface area contributed by atoms with Crippen LogP contribution in [0.3, 0.4) is 0 Å². The lowest BCUT2D eigenvalue weighted by atomic mass is 10.2. The fourth-order valence-corrected chi connectivity index (χ4v) is 6.31. The van der Waals surface area contributed by atoms with Gasteiger partial charge in [-0.25, -0.2) is 0 Å². The maximum atomic E-state index is 11.2. The molecule has 3 unspecified atom stereocenters. The van der Waals surface area contributed by atoms with E-state index < -0.39 is 13.5 Å². The monoisotopic (exact) mass is 308 g/mol. The van der Waals surface area contributed by atoms with Gasteiger partial charge in [0.05, 0.1) is 5.22 Å². The average molecular weight is 309 g/mol. The third-order valence-corrected chi connectivity index (χ3v) is 9.12. The smallest absolute Gasteiger partial charge is 0.252 e. The van der Waals surface area contributed by atoms with E-state index in [4.69, 9.17) is 4.43 Å². The normalized spacial score (nSPS) is 18.8. The molecule has 1 rings (SSSR count). The Morgan fingerprint density at radius 3 is 2.33 bits per heavy atom. The van der Waals surface area contributed by atoms with Crippen LogP contribution in [0.1, 0.15) is 59.8 Å². The standard InChI is InChI=1S/C18H32O2Si/c1-6-8-15-18(4,19)21(5,20-16(3)12-7-2)17-13-10-9-11-14-17/h9-11,13-14,16,19H,6-8,12,15H2,1-5H3. The van der Waals surface area contributed by atoms with E-state index in [9.17, 15) is 5.11 Å². The Labute approximate surface area is 131 Å². The largest absolute Gasteiger partial charge is 0.407 e. The minimum Gasteiger partial charge on any atom is -0.407 e. The van der Waals surface area contributed by atoms with E-state index in [0.29, 0.717) is 0 Å². The molecule has 0 radical (unpaired) electrons. The van der Waals surface area contributed by atoms with Gasteiger partial charge in [-0.05, 0) is 38.4 Å². The summed E-state index contributed by atoms with van der Waals surface area (Å²) < 4.78 is 6.52. The van der Waals surface area contributed by atoms with E-state index in [0.717, 1.165) is 32.1 Å². The van der Waals surface area contributed by atoms with Gasteiger partial charge in [0.1, 0.15) is 0 Å². The molecule has 1 N–H and O–H groups in total. The number of unbranched alkanes of at least 4 members (excludes halogenated alkanes) is 1. The fourth-order valence-electron chi connectivity index (χ4n) is 2.89. The summed E-state index contributed by atoms with van der Waals surface area (Å²) >= 11 is 0. The van der Waals surface area contributed by atoms with Crippen LogP contribution in [0, 0.1) is 0 Å². The van der Waals surface area contributed by atoms with Crippen LogP contribution >= 0.6 is 0 Å². The number of hydrogen-bond acceptors (Lipinski definition) is 2. The molecule has 0 spiro atoms. The zero-order chi connectivity index (χ0) is 15.9. The van der Waals surface area contributed by atoms with Gasteiger partial charge in [0.2, 0.25) is 0 Å². The molecule has 0 saturated carbocycles. The zero-order valence-corrected chi connectivity index (χ0v) is 15.4. The van der Waals surface area contributed by atoms with E-state index in [1.807, 2.05) is 25.1 Å². The van der Waals surface area contributed by atoms with Crippen molar-refractivity contribution in [2.75, 3.05) is 0 Å². The summed E-state index contributed by atoms with van der Waals surface area (Å²) in [7, 11) is -2.44. The number of benzene rings is 1. The summed E-state index contributed by atoms with van der Waals surface area (Å²) in [6, 6.07) is 10.3. The Bertz CT molecular complexity index is 405. The molecule has 0 amide bonds. The fraction of sp³-hybridized carbons (Fsp3) is 0.667. The lowest BCUT2D eigenvalue weighted by Gasteiger charge is -2.42. The van der Waals surface area contributed by atoms with Crippen LogP contribution in [0.5, 0.6) is 0 Å². The molecule has 0 fully saturated rings. The lowest BCUT2D eigenvalue weighted by Crippen LogP contribution is -2.66. The Balaban J connectivity index is 3.09. The zero-order valence-electron chi connectivity index (χ0n) is 14.4. The average Bonchev–Trinajstić information content (AvgIpc) is 2.46. The minimum atomic E-state index is -2.44. The SMILES string of the molecule is CCCCC(C)(O)[Si](C)(OC(C)CCC)c1ccccc1. The summed E-state index contributed by atoms with van der Waals surface area (Å²) in [5.41, 5.74) is 0. The Morgan fingerprint density at radius 1 is 1.19 bits per heavy atom. The molecule has 0 bridgehead atoms. The highest BCUT2D eigenvalue weighted by atomic mass is 28.4. The molecule has 3 heteroatoms. The van der Waals surface area contributed by atoms with Crippen molar-refractivity contribution in [3.05, 3.63) is 30.3 Å². The predicted octanol–water partition coefficient (Wildman–Crippen LogP) is 4.15. The van der Waals surface area contributed by atoms with Crippen LogP contribution in [-0.2, 0) is 4.43 Å². The maximum Gasteiger partial charge on any atom is 0.252 e. The predicted molar refractivity (Wildman–Crippen MR) is 93.3 cm³/mol. The molecule has 1 aromatic rings. The Kier molecular flexibility index (Phi) is 7.11. The van der Waals surface area contributed by atoms with Gasteiger partial charge in [-0.1, -0.05) is 63.4 Å². The van der Waals surface area contributed by atoms with E-state index in [1.54, 1.807) is 0 Å². The van der Waals surface area contributed by atoms with Gasteiger partial charge < -0.3 is 9.53 Å². The molecule has 0 heterocycles. The van der Waals surface area contributed by atoms with E-state index in [-0.39, 0.29) is 6.10 Å². The topological polar surface area (TPSA) is 29.5 Å². The highest BCUT2D eigenvalue weighted by Crippen LogP contribution is 2.29. The van der Waals surface area contributed by atoms with Gasteiger partial charge in [-0.3, -0.25) is 0 Å². The van der Waals surface area contributed by atoms with Gasteiger partial charge in [0.25, 0.3) is 8.32 Å². The first-order valence-corrected chi connectivity index (χ1v) is 10.7. The van der Waals surface area contributed by atoms with Gasteiger partial charge in [-0.15, -0.1) is 0 Å². The first kappa shape index (κ1) is 18.4. The molecule has 2 nitrogen and oxygen atoms in total. The van der Waals surface area contributed by atoms with Gasteiger partial charge in [-0.2, -0.15) is 0 Å². The Morgan fingerprint density at radius 2 is 1.81 bits per heavy atom. The molecular weight excluding hydrogens is 276 g/mol. The number of rotatable bonds is 9. The van der Waals surface area contributed by atoms with Gasteiger partial charge in [0, 0.05) is 6.10 Å². The van der Waals surface area contributed by atoms with E-state index in [1.165, 1.54) is 5.19 Å². The quantitative estimate of drug-likeness (QED) is 0.694. The first-order valence-electron chi connectivity index (χ1n) is 8.33. The number of hydrogen-bond donors (Lipinski definition) is 1. The summed E-state index contributed by atoms with van der Waals surface area (Å²) in [5.74, 6) is 0. The van der Waals surface area contributed by atoms with Crippen LogP contribution in [0.25, 0.3) is 0 Å². The van der Waals surface area contributed by atoms with Gasteiger partial charge in [0.15, 0.2) is 0 Å². The van der Waals surface area contributed by atoms with Crippen molar-refractivity contribution in [1.82, 2.24) is 0 Å². The van der Waals surface area contributed by atoms with Crippen molar-refractivity contribution in [2.45, 2.75) is 77.7 Å². The van der Waals surface area contributed by atoms with Crippen molar-refractivity contribution < 1.29 is 9.53 Å². The van der Waals surface area contributed by atoms with E-state index in [2.05, 4.69) is 39.5 Å². The summed E-state index contributed by atoms with van der Waals surface area (Å²) in [6.07, 6.45) is 5.28. The molecule has 0 aliphatic rings. The first-order chi connectivity index (χ1) is 9.87. The third-order valence-electron chi connectivity index (χ3n) is 4.50. The van der Waals surface area contributed by atoms with Crippen molar-refractivity contribution in [3.8, 4) is 0 Å². The Hall–Kier alpha value is -0.643. The molecule has 0 saturated heterocycles. The van der Waals surface area contributed by atoms with E-state index >= 15 is 0 Å². The minimum absolute atomic E-state index is 0.194. The molecular formula is C18H32O2Si. The van der Waals surface area contributed by atoms with Crippen molar-refractivity contribution >= 4 is 13.5 Å². The maximum absolute atomic E-state index is 11.2. The summed E-state index contributed by atoms with van der Waals surface area (Å²) in [5, 5.41) is 11.6. The summed E-state index contributed by atoms with van der Waals surface area (Å²) in [6.45, 7) is 10.6. The highest BCUT2D eigenvalue weighted by molar-refractivity contribution is 6.87. The molecule has 0 aromatic heterocycles. The lowest BCUT2D eigenvalue weighted by molar-refractivity contribution is 0.0787. The van der Waals surface area contributed by atoms with Crippen LogP contribution in [0.15, 0.2) is 30.3 Å². The van der Waals surface area contributed by atoms with Crippen LogP contribution in [-0.4, -0.2) is 24.8 Å². The molecule has 120 valence electrons. The number of aliphatic hydroxyl groups is 1. The van der Waals surface area contributed by atoms with Crippen LogP contribution in [0.4, 0.5) is 0 Å². The van der Waals surface area contributed by atoms with Crippen molar-refractivity contribution in [1.29, 1.82) is 0 Å². The summed E-state index contributed by atoms with van der Waals surface area (Å²) in [4.78, 5) is 0. The third kappa shape index (κ3) is 4.66. The molecule has 21 heavy (non-hydrogen) atoms. The van der Waals surface area contributed by atoms with Crippen molar-refractivity contribution in [2.24, 2.45) is 0 Å². The molecule has 0 aliphatic heterocycles. The van der Waals surface area contributed by atoms with Gasteiger partial charge >= 0.3 is 0 Å². The van der Waals surface area contributed by atoms with Crippen LogP contribution < -0.4 is 5.19 Å². The molecule has 0 aliphatic carbocycles. The second-order valence-corrected chi connectivity index (χ2v) is 10.5. The van der Waals surface area contributed by atoms with Crippen LogP contribution in [0.2, 0.25) is 6.55 Å².